The Morgan fingerprint density at radius 1 is 1.04 bits per heavy atom. The normalized spacial score (nSPS) is 17.7. The lowest BCUT2D eigenvalue weighted by Gasteiger charge is -2.34. The highest BCUT2D eigenvalue weighted by Crippen LogP contribution is 2.39. The van der Waals surface area contributed by atoms with Crippen molar-refractivity contribution in [3.8, 4) is 17.4 Å². The number of carbonyl (C=O) groups is 1. The minimum atomic E-state index is -1.03. The van der Waals surface area contributed by atoms with Gasteiger partial charge in [0.05, 0.1) is 32.3 Å². The second-order valence-corrected chi connectivity index (χ2v) is 6.16. The Hall–Kier alpha value is -2.80. The van der Waals surface area contributed by atoms with Crippen LogP contribution in [0.4, 0.5) is 0 Å². The summed E-state index contributed by atoms with van der Waals surface area (Å²) in [6.07, 6.45) is 0.294. The fourth-order valence-corrected chi connectivity index (χ4v) is 2.94. The zero-order valence-electron chi connectivity index (χ0n) is 17.1. The van der Waals surface area contributed by atoms with Crippen LogP contribution in [-0.4, -0.2) is 32.9 Å². The molecule has 7 heteroatoms. The lowest BCUT2D eigenvalue weighted by atomic mass is 9.92. The van der Waals surface area contributed by atoms with E-state index in [1.807, 2.05) is 13.8 Å². The molecule has 7 nitrogen and oxygen atoms in total. The molecule has 0 N–H and O–H groups in total. The maximum atomic E-state index is 12.7. The highest BCUT2D eigenvalue weighted by Gasteiger charge is 2.38. The van der Waals surface area contributed by atoms with Gasteiger partial charge in [-0.1, -0.05) is 13.8 Å². The fraction of sp³-hybridized carbons (Fsp3) is 0.429. The van der Waals surface area contributed by atoms with Crippen molar-refractivity contribution in [2.75, 3.05) is 21.3 Å². The van der Waals surface area contributed by atoms with E-state index in [-0.39, 0.29) is 30.0 Å². The van der Waals surface area contributed by atoms with Gasteiger partial charge in [-0.3, -0.25) is 9.59 Å². The first-order valence-corrected chi connectivity index (χ1v) is 9.04. The van der Waals surface area contributed by atoms with Gasteiger partial charge in [-0.05, 0) is 11.6 Å². The number of ketones is 1. The summed E-state index contributed by atoms with van der Waals surface area (Å²) in [5, 5.41) is 0. The number of Topliss-reactive ketones (excluding diaryl/α,β-unsaturated/α-hetero) is 1. The molecule has 0 saturated heterocycles. The summed E-state index contributed by atoms with van der Waals surface area (Å²) in [6.45, 7) is 5.70. The monoisotopic (exact) mass is 390 g/mol. The quantitative estimate of drug-likeness (QED) is 0.771. The van der Waals surface area contributed by atoms with Gasteiger partial charge >= 0.3 is 0 Å². The summed E-state index contributed by atoms with van der Waals surface area (Å²) in [6, 6.07) is 5.99. The van der Waals surface area contributed by atoms with Gasteiger partial charge in [-0.15, -0.1) is 0 Å². The van der Waals surface area contributed by atoms with Crippen molar-refractivity contribution in [2.24, 2.45) is 0 Å². The van der Waals surface area contributed by atoms with E-state index >= 15 is 0 Å². The average Bonchev–Trinajstić information content (AvgIpc) is 2.68. The van der Waals surface area contributed by atoms with Crippen LogP contribution in [0.2, 0.25) is 0 Å². The molecule has 1 aliphatic heterocycles. The summed E-state index contributed by atoms with van der Waals surface area (Å²) in [5.41, 5.74) is 0.832. The van der Waals surface area contributed by atoms with E-state index in [2.05, 4.69) is 0 Å². The first kappa shape index (κ1) is 21.5. The van der Waals surface area contributed by atoms with Gasteiger partial charge in [0.2, 0.25) is 5.79 Å². The Kier molecular flexibility index (Phi) is 6.85. The van der Waals surface area contributed by atoms with E-state index in [1.54, 1.807) is 19.1 Å². The summed E-state index contributed by atoms with van der Waals surface area (Å²) < 4.78 is 27.1. The molecule has 0 spiro atoms. The van der Waals surface area contributed by atoms with Crippen molar-refractivity contribution in [3.05, 3.63) is 51.4 Å². The third kappa shape index (κ3) is 4.54. The number of fused-ring (bicyclic) bond motifs is 1. The molecule has 2 aromatic rings. The Morgan fingerprint density at radius 3 is 2.36 bits per heavy atom. The van der Waals surface area contributed by atoms with Crippen molar-refractivity contribution in [2.45, 2.75) is 39.4 Å². The predicted molar refractivity (Wildman–Crippen MR) is 104 cm³/mol. The Bertz CT molecular complexity index is 900. The van der Waals surface area contributed by atoms with Crippen LogP contribution in [0.15, 0.2) is 33.5 Å². The van der Waals surface area contributed by atoms with Gasteiger partial charge in [0.25, 0.3) is 5.95 Å². The van der Waals surface area contributed by atoms with E-state index in [0.29, 0.717) is 28.4 Å². The molecule has 28 heavy (non-hydrogen) atoms. The Labute approximate surface area is 164 Å². The van der Waals surface area contributed by atoms with Crippen molar-refractivity contribution in [1.82, 2.24) is 0 Å². The molecular formula is C21H26O7. The Balaban J connectivity index is 0.00000136. The lowest BCUT2D eigenvalue weighted by molar-refractivity contribution is -0.150. The first-order valence-electron chi connectivity index (χ1n) is 9.04. The molecule has 3 rings (SSSR count). The molecule has 0 saturated carbocycles. The molecule has 0 aliphatic carbocycles. The molecule has 2 heterocycles. The van der Waals surface area contributed by atoms with Crippen molar-refractivity contribution >= 4 is 5.78 Å². The van der Waals surface area contributed by atoms with Crippen LogP contribution in [0, 0.1) is 0 Å². The highest BCUT2D eigenvalue weighted by molar-refractivity contribution is 6.02. The summed E-state index contributed by atoms with van der Waals surface area (Å²) in [7, 11) is 4.43. The Morgan fingerprint density at radius 2 is 1.75 bits per heavy atom. The minimum absolute atomic E-state index is 0.0812. The average molecular weight is 390 g/mol. The van der Waals surface area contributed by atoms with Crippen LogP contribution in [0.25, 0.3) is 0 Å². The molecule has 1 aromatic heterocycles. The molecule has 1 aromatic carbocycles. The van der Waals surface area contributed by atoms with Gasteiger partial charge < -0.3 is 23.4 Å². The third-order valence-corrected chi connectivity index (χ3v) is 4.27. The van der Waals surface area contributed by atoms with Gasteiger partial charge in [0.1, 0.15) is 17.3 Å². The molecule has 1 atom stereocenters. The van der Waals surface area contributed by atoms with E-state index in [4.69, 9.17) is 23.4 Å². The van der Waals surface area contributed by atoms with E-state index < -0.39 is 5.79 Å². The molecule has 1 unspecified atom stereocenters. The zero-order valence-corrected chi connectivity index (χ0v) is 17.1. The number of rotatable bonds is 5. The predicted octanol–water partition coefficient (Wildman–Crippen LogP) is 3.60. The molecule has 0 bridgehead atoms. The van der Waals surface area contributed by atoms with Crippen LogP contribution in [0.5, 0.6) is 17.4 Å². The summed E-state index contributed by atoms with van der Waals surface area (Å²) in [5.74, 6) is 0.244. The maximum absolute atomic E-state index is 12.7. The number of methoxy groups -OCH3 is 3. The van der Waals surface area contributed by atoms with E-state index in [1.165, 1.54) is 33.5 Å². The molecule has 152 valence electrons. The molecule has 1 aliphatic rings. The van der Waals surface area contributed by atoms with Gasteiger partial charge in [-0.25, -0.2) is 0 Å². The van der Waals surface area contributed by atoms with Crippen molar-refractivity contribution in [1.29, 1.82) is 0 Å². The van der Waals surface area contributed by atoms with E-state index in [0.717, 1.165) is 0 Å². The van der Waals surface area contributed by atoms with Crippen LogP contribution >= 0.6 is 0 Å². The van der Waals surface area contributed by atoms with Crippen LogP contribution in [0.3, 0.4) is 0 Å². The standard InChI is InChI=1S/C19H20O7.C2H6/c1-19(24-4)10-15(21)18-11(5-13(22-2)9-16(18)26-19)6-14-7-12(20)8-17(23-3)25-14;1-2/h5,7-9H,6,10H2,1-4H3;1-2H3. The molecule has 0 fully saturated rings. The minimum Gasteiger partial charge on any atom is -0.497 e. The summed E-state index contributed by atoms with van der Waals surface area (Å²) >= 11 is 0. The van der Waals surface area contributed by atoms with Gasteiger partial charge in [0.15, 0.2) is 11.2 Å². The second-order valence-electron chi connectivity index (χ2n) is 6.16. The first-order chi connectivity index (χ1) is 13.4. The summed E-state index contributed by atoms with van der Waals surface area (Å²) in [4.78, 5) is 24.5. The van der Waals surface area contributed by atoms with Crippen molar-refractivity contribution < 1.29 is 28.2 Å². The smallest absolute Gasteiger partial charge is 0.288 e. The number of hydrogen-bond acceptors (Lipinski definition) is 7. The van der Waals surface area contributed by atoms with E-state index in [9.17, 15) is 9.59 Å². The number of ether oxygens (including phenoxy) is 4. The fourth-order valence-electron chi connectivity index (χ4n) is 2.94. The van der Waals surface area contributed by atoms with Gasteiger partial charge in [0, 0.05) is 32.6 Å². The topological polar surface area (TPSA) is 84.2 Å². The molecule has 0 amide bonds. The number of carbonyl (C=O) groups excluding carboxylic acids is 1. The number of benzene rings is 1. The van der Waals surface area contributed by atoms with Crippen LogP contribution in [-0.2, 0) is 11.2 Å². The highest BCUT2D eigenvalue weighted by atomic mass is 16.7. The number of hydrogen-bond donors (Lipinski definition) is 0. The molecule has 0 radical (unpaired) electrons. The lowest BCUT2D eigenvalue weighted by Crippen LogP contribution is -2.41. The SMILES string of the molecule is CC.COc1cc(Cc2cc(=O)cc(OC)o2)c2c(c1)OC(C)(OC)CC2=O. The third-order valence-electron chi connectivity index (χ3n) is 4.27. The van der Waals surface area contributed by atoms with Gasteiger partial charge in [-0.2, -0.15) is 0 Å². The van der Waals surface area contributed by atoms with Crippen LogP contribution in [0.1, 0.15) is 48.9 Å². The maximum Gasteiger partial charge on any atom is 0.288 e. The second kappa shape index (κ2) is 8.93. The molecular weight excluding hydrogens is 364 g/mol. The van der Waals surface area contributed by atoms with Crippen molar-refractivity contribution in [3.63, 3.8) is 0 Å². The zero-order chi connectivity index (χ0) is 20.9. The van der Waals surface area contributed by atoms with Crippen LogP contribution < -0.4 is 19.6 Å². The largest absolute Gasteiger partial charge is 0.497 e.